The van der Waals surface area contributed by atoms with E-state index < -0.39 is 0 Å². The largest absolute Gasteiger partial charge is 0.458 e. The number of rotatable bonds is 4. The van der Waals surface area contributed by atoms with Crippen LogP contribution in [0.4, 0.5) is 0 Å². The summed E-state index contributed by atoms with van der Waals surface area (Å²) < 4.78 is 5.86. The van der Waals surface area contributed by atoms with Gasteiger partial charge in [-0.05, 0) is 56.4 Å². The van der Waals surface area contributed by atoms with Crippen molar-refractivity contribution in [3.8, 4) is 6.01 Å². The Kier molecular flexibility index (Phi) is 5.69. The molecule has 132 valence electrons. The Bertz CT molecular complexity index is 527. The highest BCUT2D eigenvalue weighted by atomic mass is 16.5. The van der Waals surface area contributed by atoms with E-state index in [-0.39, 0.29) is 12.0 Å². The van der Waals surface area contributed by atoms with E-state index in [2.05, 4.69) is 23.8 Å². The molecule has 2 aliphatic rings. The summed E-state index contributed by atoms with van der Waals surface area (Å²) in [7, 11) is 0. The molecule has 2 heterocycles. The van der Waals surface area contributed by atoms with Gasteiger partial charge in [-0.2, -0.15) is 0 Å². The van der Waals surface area contributed by atoms with Crippen molar-refractivity contribution < 1.29 is 9.53 Å². The average molecular weight is 331 g/mol. The molecule has 1 saturated carbocycles. The maximum atomic E-state index is 12.9. The van der Waals surface area contributed by atoms with Gasteiger partial charge in [-0.25, -0.2) is 9.97 Å². The highest BCUT2D eigenvalue weighted by Gasteiger charge is 2.33. The van der Waals surface area contributed by atoms with Crippen LogP contribution in [0.3, 0.4) is 0 Å². The van der Waals surface area contributed by atoms with E-state index in [0.29, 0.717) is 18.5 Å². The third-order valence-corrected chi connectivity index (χ3v) is 5.57. The number of carbonyl (C=O) groups is 1. The van der Waals surface area contributed by atoms with Crippen molar-refractivity contribution in [2.24, 2.45) is 17.8 Å². The maximum absolute atomic E-state index is 12.9. The summed E-state index contributed by atoms with van der Waals surface area (Å²) >= 11 is 0. The molecule has 3 rings (SSSR count). The molecule has 5 heteroatoms. The fourth-order valence-electron chi connectivity index (χ4n) is 4.02. The second kappa shape index (κ2) is 7.95. The van der Waals surface area contributed by atoms with Crippen LogP contribution in [0.2, 0.25) is 0 Å². The van der Waals surface area contributed by atoms with Crippen LogP contribution in [0.25, 0.3) is 0 Å². The van der Waals surface area contributed by atoms with Crippen molar-refractivity contribution in [2.45, 2.75) is 58.5 Å². The normalized spacial score (nSPS) is 28.0. The van der Waals surface area contributed by atoms with E-state index in [1.807, 2.05) is 4.90 Å². The van der Waals surface area contributed by atoms with E-state index in [0.717, 1.165) is 44.1 Å². The standard InChI is InChI=1S/C19H29N3O2/c1-14(2)15-6-8-16(9-7-15)18(23)22-12-3-5-17(13-22)24-19-20-10-4-11-21-19/h4,10-11,14-17H,3,5-9,12-13H2,1-2H3. The van der Waals surface area contributed by atoms with E-state index in [4.69, 9.17) is 4.74 Å². The lowest BCUT2D eigenvalue weighted by Gasteiger charge is -2.37. The van der Waals surface area contributed by atoms with Crippen LogP contribution in [-0.4, -0.2) is 40.0 Å². The van der Waals surface area contributed by atoms with Gasteiger partial charge >= 0.3 is 6.01 Å². The lowest BCUT2D eigenvalue weighted by molar-refractivity contribution is -0.139. The monoisotopic (exact) mass is 331 g/mol. The Labute approximate surface area is 144 Å². The fourth-order valence-corrected chi connectivity index (χ4v) is 4.02. The van der Waals surface area contributed by atoms with Crippen LogP contribution < -0.4 is 4.74 Å². The number of hydrogen-bond donors (Lipinski definition) is 0. The molecule has 2 fully saturated rings. The van der Waals surface area contributed by atoms with Crippen molar-refractivity contribution in [1.29, 1.82) is 0 Å². The zero-order valence-corrected chi connectivity index (χ0v) is 14.9. The van der Waals surface area contributed by atoms with E-state index in [1.54, 1.807) is 18.5 Å². The summed E-state index contributed by atoms with van der Waals surface area (Å²) in [5.41, 5.74) is 0. The first kappa shape index (κ1) is 17.2. The number of aromatic nitrogens is 2. The van der Waals surface area contributed by atoms with Gasteiger partial charge in [0.05, 0.1) is 6.54 Å². The molecule has 1 aromatic heterocycles. The molecule has 0 radical (unpaired) electrons. The van der Waals surface area contributed by atoms with Gasteiger partial charge in [0.15, 0.2) is 0 Å². The van der Waals surface area contributed by atoms with Crippen molar-refractivity contribution in [2.75, 3.05) is 13.1 Å². The Balaban J connectivity index is 1.52. The van der Waals surface area contributed by atoms with Crippen molar-refractivity contribution in [1.82, 2.24) is 14.9 Å². The second-order valence-corrected chi connectivity index (χ2v) is 7.55. The van der Waals surface area contributed by atoms with Crippen LogP contribution in [0.1, 0.15) is 52.4 Å². The topological polar surface area (TPSA) is 55.3 Å². The van der Waals surface area contributed by atoms with Gasteiger partial charge in [0.1, 0.15) is 6.10 Å². The minimum atomic E-state index is 0.0112. The van der Waals surface area contributed by atoms with E-state index in [1.165, 1.54) is 12.8 Å². The van der Waals surface area contributed by atoms with E-state index >= 15 is 0 Å². The molecule has 1 aromatic rings. The Morgan fingerprint density at radius 1 is 1.17 bits per heavy atom. The van der Waals surface area contributed by atoms with Crippen LogP contribution in [0, 0.1) is 17.8 Å². The lowest BCUT2D eigenvalue weighted by atomic mass is 9.76. The number of hydrogen-bond acceptors (Lipinski definition) is 4. The van der Waals surface area contributed by atoms with Crippen molar-refractivity contribution in [3.05, 3.63) is 18.5 Å². The number of likely N-dealkylation sites (tertiary alicyclic amines) is 1. The first-order valence-corrected chi connectivity index (χ1v) is 9.36. The number of carbonyl (C=O) groups excluding carboxylic acids is 1. The number of amides is 1. The molecular formula is C19H29N3O2. The molecular weight excluding hydrogens is 302 g/mol. The van der Waals surface area contributed by atoms with Crippen LogP contribution in [-0.2, 0) is 4.79 Å². The molecule has 5 nitrogen and oxygen atoms in total. The molecule has 24 heavy (non-hydrogen) atoms. The first-order valence-electron chi connectivity index (χ1n) is 9.36. The van der Waals surface area contributed by atoms with Crippen LogP contribution in [0.5, 0.6) is 6.01 Å². The number of piperidine rings is 1. The van der Waals surface area contributed by atoms with Crippen LogP contribution >= 0.6 is 0 Å². The summed E-state index contributed by atoms with van der Waals surface area (Å²) in [6, 6.07) is 2.19. The van der Waals surface area contributed by atoms with Gasteiger partial charge in [0, 0.05) is 24.9 Å². The van der Waals surface area contributed by atoms with Gasteiger partial charge in [-0.1, -0.05) is 13.8 Å². The molecule has 1 saturated heterocycles. The SMILES string of the molecule is CC(C)C1CCC(C(=O)N2CCCC(Oc3ncccn3)C2)CC1. The van der Waals surface area contributed by atoms with Gasteiger partial charge < -0.3 is 9.64 Å². The molecule has 0 spiro atoms. The van der Waals surface area contributed by atoms with Crippen LogP contribution in [0.15, 0.2) is 18.5 Å². The third kappa shape index (κ3) is 4.25. The lowest BCUT2D eigenvalue weighted by Crippen LogP contribution is -2.47. The fraction of sp³-hybridized carbons (Fsp3) is 0.737. The Morgan fingerprint density at radius 3 is 2.54 bits per heavy atom. The molecule has 1 aliphatic carbocycles. The minimum Gasteiger partial charge on any atom is -0.458 e. The quantitative estimate of drug-likeness (QED) is 0.849. The van der Waals surface area contributed by atoms with Crippen molar-refractivity contribution in [3.63, 3.8) is 0 Å². The first-order chi connectivity index (χ1) is 11.6. The van der Waals surface area contributed by atoms with Gasteiger partial charge in [0.2, 0.25) is 5.91 Å². The summed E-state index contributed by atoms with van der Waals surface area (Å²) in [6.45, 7) is 6.12. The van der Waals surface area contributed by atoms with Crippen molar-refractivity contribution >= 4 is 5.91 Å². The van der Waals surface area contributed by atoms with Gasteiger partial charge in [-0.15, -0.1) is 0 Å². The predicted octanol–water partition coefficient (Wildman–Crippen LogP) is 3.31. The maximum Gasteiger partial charge on any atom is 0.316 e. The molecule has 1 aliphatic heterocycles. The summed E-state index contributed by atoms with van der Waals surface area (Å²) in [6.07, 6.45) is 9.81. The predicted molar refractivity (Wildman–Crippen MR) is 92.5 cm³/mol. The smallest absolute Gasteiger partial charge is 0.316 e. The minimum absolute atomic E-state index is 0.0112. The Hall–Kier alpha value is -1.65. The second-order valence-electron chi connectivity index (χ2n) is 7.55. The zero-order valence-electron chi connectivity index (χ0n) is 14.9. The van der Waals surface area contributed by atoms with E-state index in [9.17, 15) is 4.79 Å². The average Bonchev–Trinajstić information content (AvgIpc) is 2.62. The van der Waals surface area contributed by atoms with Gasteiger partial charge in [0.25, 0.3) is 0 Å². The molecule has 1 unspecified atom stereocenters. The van der Waals surface area contributed by atoms with Gasteiger partial charge in [-0.3, -0.25) is 4.79 Å². The highest BCUT2D eigenvalue weighted by Crippen LogP contribution is 2.34. The number of ether oxygens (including phenoxy) is 1. The molecule has 0 bridgehead atoms. The third-order valence-electron chi connectivity index (χ3n) is 5.57. The molecule has 0 N–H and O–H groups in total. The number of nitrogens with zero attached hydrogens (tertiary/aromatic N) is 3. The molecule has 1 atom stereocenters. The summed E-state index contributed by atoms with van der Waals surface area (Å²) in [4.78, 5) is 23.1. The summed E-state index contributed by atoms with van der Waals surface area (Å²) in [5, 5.41) is 0. The zero-order chi connectivity index (χ0) is 16.9. The Morgan fingerprint density at radius 2 is 1.88 bits per heavy atom. The highest BCUT2D eigenvalue weighted by molar-refractivity contribution is 5.79. The summed E-state index contributed by atoms with van der Waals surface area (Å²) in [5.74, 6) is 2.08. The molecule has 1 amide bonds. The molecule has 0 aromatic carbocycles.